The van der Waals surface area contributed by atoms with Crippen LogP contribution in [0.25, 0.3) is 0 Å². The molecule has 0 radical (unpaired) electrons. The molecular weight excluding hydrogens is 673 g/mol. The molecule has 0 aliphatic heterocycles. The fraction of sp³-hybridized carbons (Fsp3) is 0.667. The molecule has 0 saturated carbocycles. The van der Waals surface area contributed by atoms with Crippen LogP contribution in [0.5, 0.6) is 0 Å². The van der Waals surface area contributed by atoms with Crippen LogP contribution in [0.3, 0.4) is 0 Å². The van der Waals surface area contributed by atoms with Crippen LogP contribution < -0.4 is 5.32 Å². The zero-order valence-corrected chi connectivity index (χ0v) is 32.0. The monoisotopic (exact) mass is 739 g/mol. The standard InChI is InChI=1S/C39H66NO10P/c1-3-5-7-9-11-13-15-17-19-21-23-25-27-29-31-38(43)48-32-35(41)33-49-51(46,47)50-34-36(39(44)45)40-37(42)30-28-26-24-22-20-18-16-14-12-10-8-6-4-2/h6,8-9,11-12,14-15,17-18,20,35-36,41H,3-5,7,10,13,16,19,21-34H2,1-2H3,(H,40,42)(H,44,45)(H,46,47)/b8-6-,11-9-,14-12-,17-15-,20-18-. The first-order chi connectivity index (χ1) is 24.6. The molecule has 0 spiro atoms. The van der Waals surface area contributed by atoms with Gasteiger partial charge in [0.05, 0.1) is 13.2 Å². The van der Waals surface area contributed by atoms with Crippen molar-refractivity contribution in [3.63, 3.8) is 0 Å². The Balaban J connectivity index is 4.04. The van der Waals surface area contributed by atoms with Gasteiger partial charge in [0.1, 0.15) is 12.7 Å². The van der Waals surface area contributed by atoms with Gasteiger partial charge in [-0.3, -0.25) is 18.6 Å². The summed E-state index contributed by atoms with van der Waals surface area (Å²) in [5, 5.41) is 21.7. The largest absolute Gasteiger partial charge is 0.480 e. The van der Waals surface area contributed by atoms with Crippen molar-refractivity contribution >= 4 is 25.7 Å². The fourth-order valence-electron chi connectivity index (χ4n) is 4.58. The highest BCUT2D eigenvalue weighted by Gasteiger charge is 2.28. The first-order valence-electron chi connectivity index (χ1n) is 18.8. The summed E-state index contributed by atoms with van der Waals surface area (Å²) in [6.07, 6.45) is 36.9. The average molecular weight is 740 g/mol. The number of ether oxygens (including phenoxy) is 1. The molecule has 0 aromatic heterocycles. The number of carbonyl (C=O) groups is 3. The first kappa shape index (κ1) is 48.2. The second-order valence-electron chi connectivity index (χ2n) is 12.4. The lowest BCUT2D eigenvalue weighted by molar-refractivity contribution is -0.147. The van der Waals surface area contributed by atoms with Gasteiger partial charge in [0.25, 0.3) is 0 Å². The number of carbonyl (C=O) groups excluding carboxylic acids is 2. The highest BCUT2D eigenvalue weighted by Crippen LogP contribution is 2.43. The van der Waals surface area contributed by atoms with E-state index in [-0.39, 0.29) is 12.8 Å². The van der Waals surface area contributed by atoms with Gasteiger partial charge in [-0.1, -0.05) is 113 Å². The molecule has 1 amide bonds. The number of unbranched alkanes of at least 4 members (excludes halogenated alkanes) is 10. The molecule has 0 rings (SSSR count). The number of rotatable bonds is 34. The third-order valence-corrected chi connectivity index (χ3v) is 8.49. The van der Waals surface area contributed by atoms with E-state index in [2.05, 4.69) is 79.9 Å². The summed E-state index contributed by atoms with van der Waals surface area (Å²) >= 11 is 0. The van der Waals surface area contributed by atoms with Crippen molar-refractivity contribution in [2.24, 2.45) is 0 Å². The molecule has 11 nitrogen and oxygen atoms in total. The van der Waals surface area contributed by atoms with Crippen LogP contribution in [0.1, 0.15) is 136 Å². The minimum atomic E-state index is -4.76. The number of aliphatic carboxylic acids is 1. The number of carboxylic acid groups (broad SMARTS) is 1. The first-order valence-corrected chi connectivity index (χ1v) is 20.3. The number of phosphoric acid groups is 1. The maximum atomic E-state index is 12.2. The van der Waals surface area contributed by atoms with E-state index in [4.69, 9.17) is 13.8 Å². The molecule has 3 atom stereocenters. The molecule has 4 N–H and O–H groups in total. The molecule has 12 heteroatoms. The van der Waals surface area contributed by atoms with Crippen LogP contribution in [0.4, 0.5) is 0 Å². The van der Waals surface area contributed by atoms with Gasteiger partial charge in [0, 0.05) is 12.8 Å². The van der Waals surface area contributed by atoms with E-state index >= 15 is 0 Å². The smallest absolute Gasteiger partial charge is 0.472 e. The summed E-state index contributed by atoms with van der Waals surface area (Å²) in [6.45, 7) is 2.36. The summed E-state index contributed by atoms with van der Waals surface area (Å²) in [6, 6.07) is -1.56. The summed E-state index contributed by atoms with van der Waals surface area (Å²) in [4.78, 5) is 45.7. The van der Waals surface area contributed by atoms with Gasteiger partial charge in [0.15, 0.2) is 6.04 Å². The zero-order chi connectivity index (χ0) is 37.8. The molecule has 0 fully saturated rings. The Labute approximate surface area is 306 Å². The number of phosphoric ester groups is 1. The molecule has 0 bridgehead atoms. The molecule has 0 aliphatic rings. The van der Waals surface area contributed by atoms with E-state index in [9.17, 15) is 34.1 Å². The number of allylic oxidation sites excluding steroid dienone is 10. The number of hydrogen-bond acceptors (Lipinski definition) is 8. The van der Waals surface area contributed by atoms with Crippen LogP contribution in [0.15, 0.2) is 60.8 Å². The Bertz CT molecular complexity index is 1100. The topological polar surface area (TPSA) is 169 Å². The van der Waals surface area contributed by atoms with Gasteiger partial charge in [0.2, 0.25) is 5.91 Å². The van der Waals surface area contributed by atoms with Gasteiger partial charge in [-0.15, -0.1) is 0 Å². The maximum absolute atomic E-state index is 12.2. The van der Waals surface area contributed by atoms with Crippen molar-refractivity contribution in [1.29, 1.82) is 0 Å². The third kappa shape index (κ3) is 34.1. The summed E-state index contributed by atoms with van der Waals surface area (Å²) in [5.74, 6) is -2.44. The number of aliphatic hydroxyl groups excluding tert-OH is 1. The maximum Gasteiger partial charge on any atom is 0.472 e. The van der Waals surface area contributed by atoms with Crippen LogP contribution in [0.2, 0.25) is 0 Å². The molecule has 0 heterocycles. The number of esters is 1. The van der Waals surface area contributed by atoms with Crippen LogP contribution in [-0.2, 0) is 32.7 Å². The number of nitrogens with one attached hydrogen (secondary N) is 1. The molecule has 0 aliphatic carbocycles. The van der Waals surface area contributed by atoms with Crippen molar-refractivity contribution < 1.29 is 47.8 Å². The SMILES string of the molecule is CC/C=C\C/C=C\C/C=C\CCCCCC(=O)NC(COP(=O)(O)OCC(O)COC(=O)CCCCCCC/C=C\C/C=C\CCCC)C(=O)O. The van der Waals surface area contributed by atoms with Gasteiger partial charge in [-0.25, -0.2) is 9.36 Å². The van der Waals surface area contributed by atoms with E-state index in [0.717, 1.165) is 83.5 Å². The molecule has 0 saturated heterocycles. The summed E-state index contributed by atoms with van der Waals surface area (Å²) in [5.41, 5.74) is 0. The lowest BCUT2D eigenvalue weighted by Crippen LogP contribution is -2.43. The highest BCUT2D eigenvalue weighted by atomic mass is 31.2. The Morgan fingerprint density at radius 1 is 0.647 bits per heavy atom. The Hall–Kier alpha value is -2.82. The molecule has 3 unspecified atom stereocenters. The Kier molecular flexibility index (Phi) is 32.4. The Morgan fingerprint density at radius 3 is 1.73 bits per heavy atom. The summed E-state index contributed by atoms with van der Waals surface area (Å²) < 4.78 is 26.7. The minimum absolute atomic E-state index is 0.106. The quantitative estimate of drug-likeness (QED) is 0.0217. The number of amides is 1. The fourth-order valence-corrected chi connectivity index (χ4v) is 5.35. The molecule has 51 heavy (non-hydrogen) atoms. The van der Waals surface area contributed by atoms with E-state index in [1.54, 1.807) is 0 Å². The van der Waals surface area contributed by atoms with Crippen LogP contribution in [-0.4, -0.2) is 64.9 Å². The van der Waals surface area contributed by atoms with E-state index in [1.807, 2.05) is 0 Å². The van der Waals surface area contributed by atoms with Crippen molar-refractivity contribution in [2.45, 2.75) is 148 Å². The van der Waals surface area contributed by atoms with E-state index < -0.39 is 57.6 Å². The number of carboxylic acids is 1. The van der Waals surface area contributed by atoms with Crippen molar-refractivity contribution in [3.8, 4) is 0 Å². The van der Waals surface area contributed by atoms with Gasteiger partial charge in [-0.05, 0) is 70.6 Å². The lowest BCUT2D eigenvalue weighted by Gasteiger charge is -2.18. The minimum Gasteiger partial charge on any atom is -0.480 e. The second-order valence-corrected chi connectivity index (χ2v) is 13.8. The molecular formula is C39H66NO10P. The zero-order valence-electron chi connectivity index (χ0n) is 31.1. The van der Waals surface area contributed by atoms with Crippen molar-refractivity contribution in [3.05, 3.63) is 60.8 Å². The van der Waals surface area contributed by atoms with Crippen molar-refractivity contribution in [1.82, 2.24) is 5.32 Å². The number of aliphatic hydroxyl groups is 1. The average Bonchev–Trinajstić information content (AvgIpc) is 3.10. The van der Waals surface area contributed by atoms with E-state index in [0.29, 0.717) is 12.8 Å². The predicted molar refractivity (Wildman–Crippen MR) is 203 cm³/mol. The second kappa shape index (κ2) is 34.3. The molecule has 0 aromatic rings. The van der Waals surface area contributed by atoms with Crippen LogP contribution in [0, 0.1) is 0 Å². The van der Waals surface area contributed by atoms with Gasteiger partial charge < -0.3 is 25.2 Å². The summed E-state index contributed by atoms with van der Waals surface area (Å²) in [7, 11) is -4.76. The third-order valence-electron chi connectivity index (χ3n) is 7.54. The Morgan fingerprint density at radius 2 is 1.14 bits per heavy atom. The number of hydrogen-bond donors (Lipinski definition) is 4. The van der Waals surface area contributed by atoms with Gasteiger partial charge in [-0.2, -0.15) is 0 Å². The van der Waals surface area contributed by atoms with E-state index in [1.165, 1.54) is 12.8 Å². The predicted octanol–water partition coefficient (Wildman–Crippen LogP) is 8.83. The van der Waals surface area contributed by atoms with Crippen LogP contribution >= 0.6 is 7.82 Å². The lowest BCUT2D eigenvalue weighted by atomic mass is 10.1. The highest BCUT2D eigenvalue weighted by molar-refractivity contribution is 7.47. The normalized spacial score (nSPS) is 14.6. The molecule has 0 aromatic carbocycles. The molecule has 292 valence electrons. The van der Waals surface area contributed by atoms with Gasteiger partial charge >= 0.3 is 19.8 Å². The van der Waals surface area contributed by atoms with Crippen molar-refractivity contribution in [2.75, 3.05) is 19.8 Å².